The number of nitrogens with one attached hydrogen (secondary N) is 1. The first-order valence-corrected chi connectivity index (χ1v) is 6.60. The molecule has 1 amide bonds. The summed E-state index contributed by atoms with van der Waals surface area (Å²) in [5, 5.41) is 11.4. The molecule has 2 rings (SSSR count). The van der Waals surface area contributed by atoms with Crippen LogP contribution in [0, 0.1) is 10.8 Å². The largest absolute Gasteiger partial charge is 0.465 e. The third-order valence-corrected chi connectivity index (χ3v) is 4.73. The Bertz CT molecular complexity index is 380. The third kappa shape index (κ3) is 2.20. The van der Waals surface area contributed by atoms with Gasteiger partial charge in [-0.25, -0.2) is 13.6 Å². The fourth-order valence-electron chi connectivity index (χ4n) is 4.56. The number of halogens is 2. The Morgan fingerprint density at radius 2 is 1.79 bits per heavy atom. The second-order valence-corrected chi connectivity index (χ2v) is 7.00. The zero-order valence-electron chi connectivity index (χ0n) is 11.8. The van der Waals surface area contributed by atoms with Gasteiger partial charge in [0.2, 0.25) is 0 Å². The molecule has 0 bridgehead atoms. The minimum Gasteiger partial charge on any atom is -0.465 e. The minimum atomic E-state index is -2.61. The number of nitrogens with zero attached hydrogens (tertiary/aromatic N) is 1. The van der Waals surface area contributed by atoms with E-state index >= 15 is 0 Å². The predicted molar refractivity (Wildman–Crippen MR) is 67.4 cm³/mol. The SMILES string of the molecule is CC1(C)C(NC(=O)O)C(C)(C)C1N1CCC(F)(F)C1. The van der Waals surface area contributed by atoms with Crippen LogP contribution in [0.5, 0.6) is 0 Å². The monoisotopic (exact) mass is 276 g/mol. The van der Waals surface area contributed by atoms with E-state index in [4.69, 9.17) is 5.11 Å². The maximum absolute atomic E-state index is 13.4. The molecule has 0 aromatic rings. The molecule has 1 saturated carbocycles. The van der Waals surface area contributed by atoms with E-state index in [1.165, 1.54) is 0 Å². The molecule has 0 aromatic heterocycles. The molecule has 2 aliphatic rings. The summed E-state index contributed by atoms with van der Waals surface area (Å²) in [6.07, 6.45) is -1.16. The highest BCUT2D eigenvalue weighted by Gasteiger charge is 2.65. The quantitative estimate of drug-likeness (QED) is 0.814. The van der Waals surface area contributed by atoms with Crippen LogP contribution in [0.2, 0.25) is 0 Å². The Morgan fingerprint density at radius 1 is 1.26 bits per heavy atom. The van der Waals surface area contributed by atoms with Crippen LogP contribution in [-0.4, -0.2) is 47.2 Å². The highest BCUT2D eigenvalue weighted by molar-refractivity contribution is 5.65. The van der Waals surface area contributed by atoms with Gasteiger partial charge in [-0.3, -0.25) is 4.90 Å². The van der Waals surface area contributed by atoms with Gasteiger partial charge in [0.25, 0.3) is 5.92 Å². The number of hydrogen-bond donors (Lipinski definition) is 2. The predicted octanol–water partition coefficient (Wildman–Crippen LogP) is 2.40. The average molecular weight is 276 g/mol. The number of amides is 1. The molecule has 19 heavy (non-hydrogen) atoms. The Balaban J connectivity index is 2.17. The first-order chi connectivity index (χ1) is 8.48. The van der Waals surface area contributed by atoms with Crippen molar-refractivity contribution in [3.63, 3.8) is 0 Å². The lowest BCUT2D eigenvalue weighted by atomic mass is 9.47. The summed E-state index contributed by atoms with van der Waals surface area (Å²) in [6, 6.07) is -0.262. The molecule has 0 radical (unpaired) electrons. The van der Waals surface area contributed by atoms with Crippen molar-refractivity contribution in [3.8, 4) is 0 Å². The molecule has 2 N–H and O–H groups in total. The lowest BCUT2D eigenvalue weighted by Gasteiger charge is -2.66. The standard InChI is InChI=1S/C13H22F2N2O2/c1-11(2)8(16-10(18)19)12(3,4)9(11)17-6-5-13(14,15)7-17/h8-9,16H,5-7H2,1-4H3,(H,18,19). The fraction of sp³-hybridized carbons (Fsp3) is 0.923. The molecule has 1 saturated heterocycles. The molecular weight excluding hydrogens is 254 g/mol. The second kappa shape index (κ2) is 4.04. The molecule has 4 nitrogen and oxygen atoms in total. The number of carboxylic acid groups (broad SMARTS) is 1. The summed E-state index contributed by atoms with van der Waals surface area (Å²) in [7, 11) is 0. The van der Waals surface area contributed by atoms with Gasteiger partial charge in [-0.1, -0.05) is 27.7 Å². The van der Waals surface area contributed by atoms with E-state index in [-0.39, 0.29) is 35.9 Å². The smallest absolute Gasteiger partial charge is 0.404 e. The molecule has 2 fully saturated rings. The topological polar surface area (TPSA) is 52.6 Å². The molecule has 0 aromatic carbocycles. The van der Waals surface area contributed by atoms with Crippen molar-refractivity contribution >= 4 is 6.09 Å². The van der Waals surface area contributed by atoms with Crippen LogP contribution in [0.25, 0.3) is 0 Å². The maximum atomic E-state index is 13.4. The van der Waals surface area contributed by atoms with Crippen LogP contribution >= 0.6 is 0 Å². The van der Waals surface area contributed by atoms with Gasteiger partial charge >= 0.3 is 6.09 Å². The molecular formula is C13H22F2N2O2. The summed E-state index contributed by atoms with van der Waals surface area (Å²) in [5.41, 5.74) is -0.690. The van der Waals surface area contributed by atoms with Gasteiger partial charge in [-0.05, 0) is 0 Å². The van der Waals surface area contributed by atoms with Crippen LogP contribution in [0.15, 0.2) is 0 Å². The number of alkyl halides is 2. The van der Waals surface area contributed by atoms with E-state index < -0.39 is 12.0 Å². The Morgan fingerprint density at radius 3 is 2.16 bits per heavy atom. The molecule has 1 heterocycles. The minimum absolute atomic E-state index is 0.0368. The summed E-state index contributed by atoms with van der Waals surface area (Å²) < 4.78 is 26.7. The van der Waals surface area contributed by atoms with Crippen molar-refractivity contribution in [1.29, 1.82) is 0 Å². The maximum Gasteiger partial charge on any atom is 0.404 e. The van der Waals surface area contributed by atoms with Gasteiger partial charge in [-0.2, -0.15) is 0 Å². The van der Waals surface area contributed by atoms with E-state index in [1.807, 2.05) is 32.6 Å². The van der Waals surface area contributed by atoms with E-state index in [1.54, 1.807) is 0 Å². The van der Waals surface area contributed by atoms with Crippen molar-refractivity contribution in [1.82, 2.24) is 10.2 Å². The Hall–Kier alpha value is -0.910. The molecule has 1 aliphatic carbocycles. The van der Waals surface area contributed by atoms with Gasteiger partial charge in [0.15, 0.2) is 0 Å². The average Bonchev–Trinajstić information content (AvgIpc) is 2.53. The summed E-state index contributed by atoms with van der Waals surface area (Å²) >= 11 is 0. The van der Waals surface area contributed by atoms with Crippen LogP contribution in [0.1, 0.15) is 34.1 Å². The van der Waals surface area contributed by atoms with E-state index in [0.29, 0.717) is 6.54 Å². The van der Waals surface area contributed by atoms with Gasteiger partial charge in [0, 0.05) is 35.9 Å². The Labute approximate surface area is 112 Å². The van der Waals surface area contributed by atoms with Crippen molar-refractivity contribution in [2.45, 2.75) is 52.1 Å². The Kier molecular flexibility index (Phi) is 3.08. The van der Waals surface area contributed by atoms with Gasteiger partial charge in [0.1, 0.15) is 0 Å². The lowest BCUT2D eigenvalue weighted by molar-refractivity contribution is -0.147. The molecule has 0 spiro atoms. The van der Waals surface area contributed by atoms with E-state index in [0.717, 1.165) is 0 Å². The first kappa shape index (κ1) is 14.5. The van der Waals surface area contributed by atoms with E-state index in [9.17, 15) is 13.6 Å². The van der Waals surface area contributed by atoms with Crippen LogP contribution in [-0.2, 0) is 0 Å². The van der Waals surface area contributed by atoms with Crippen LogP contribution in [0.4, 0.5) is 13.6 Å². The first-order valence-electron chi connectivity index (χ1n) is 6.60. The molecule has 110 valence electrons. The summed E-state index contributed by atoms with van der Waals surface area (Å²) in [5.74, 6) is -2.61. The zero-order chi connectivity index (χ0) is 14.6. The fourth-order valence-corrected chi connectivity index (χ4v) is 4.56. The molecule has 0 unspecified atom stereocenters. The van der Waals surface area contributed by atoms with Crippen LogP contribution < -0.4 is 5.32 Å². The third-order valence-electron chi connectivity index (χ3n) is 4.73. The number of likely N-dealkylation sites (tertiary alicyclic amines) is 1. The van der Waals surface area contributed by atoms with Gasteiger partial charge in [-0.15, -0.1) is 0 Å². The number of hydrogen-bond acceptors (Lipinski definition) is 2. The zero-order valence-corrected chi connectivity index (χ0v) is 11.8. The highest BCUT2D eigenvalue weighted by atomic mass is 19.3. The lowest BCUT2D eigenvalue weighted by Crippen LogP contribution is -2.77. The summed E-state index contributed by atoms with van der Waals surface area (Å²) in [4.78, 5) is 12.7. The molecule has 1 aliphatic heterocycles. The van der Waals surface area contributed by atoms with Crippen molar-refractivity contribution < 1.29 is 18.7 Å². The van der Waals surface area contributed by atoms with Crippen molar-refractivity contribution in [2.24, 2.45) is 10.8 Å². The van der Waals surface area contributed by atoms with Crippen molar-refractivity contribution in [2.75, 3.05) is 13.1 Å². The van der Waals surface area contributed by atoms with Crippen LogP contribution in [0.3, 0.4) is 0 Å². The number of rotatable bonds is 2. The number of carbonyl (C=O) groups is 1. The van der Waals surface area contributed by atoms with Gasteiger partial charge in [0.05, 0.1) is 6.54 Å². The summed E-state index contributed by atoms with van der Waals surface area (Å²) in [6.45, 7) is 7.94. The highest BCUT2D eigenvalue weighted by Crippen LogP contribution is 2.57. The molecule has 6 heteroatoms. The van der Waals surface area contributed by atoms with E-state index in [2.05, 4.69) is 5.32 Å². The normalized spacial score (nSPS) is 35.7. The second-order valence-electron chi connectivity index (χ2n) is 7.00. The molecule has 0 atom stereocenters. The van der Waals surface area contributed by atoms with Crippen molar-refractivity contribution in [3.05, 3.63) is 0 Å². The van der Waals surface area contributed by atoms with Gasteiger partial charge < -0.3 is 10.4 Å².